The van der Waals surface area contributed by atoms with Gasteiger partial charge in [-0.1, -0.05) is 93.3 Å². The number of rotatable bonds is 16. The van der Waals surface area contributed by atoms with Crippen LogP contribution in [0.15, 0.2) is 79.4 Å². The van der Waals surface area contributed by atoms with Crippen LogP contribution < -0.4 is 5.32 Å². The number of carboxylic acid groups (broad SMARTS) is 1. The normalized spacial score (nSPS) is 11.4. The van der Waals surface area contributed by atoms with Crippen LogP contribution in [0.5, 0.6) is 0 Å². The Morgan fingerprint density at radius 2 is 1.55 bits per heavy atom. The third-order valence-corrected chi connectivity index (χ3v) is 7.38. The van der Waals surface area contributed by atoms with Gasteiger partial charge in [0.1, 0.15) is 0 Å². The SMILES string of the molecule is C=Cc1ccc(CCCCOCc2cccc(/C=C/c3cccc(NC(=O)CC(CC)(CC)C(=O)O)c3)c2)cc1. The largest absolute Gasteiger partial charge is 0.481 e. The first kappa shape index (κ1) is 30.6. The first-order chi connectivity index (χ1) is 19.4. The lowest BCUT2D eigenvalue weighted by molar-refractivity contribution is -0.151. The molecular formula is C35H41NO4. The molecular weight excluding hydrogens is 498 g/mol. The number of hydrogen-bond donors (Lipinski definition) is 2. The first-order valence-corrected chi connectivity index (χ1v) is 14.1. The van der Waals surface area contributed by atoms with E-state index in [1.165, 1.54) is 5.56 Å². The van der Waals surface area contributed by atoms with Crippen molar-refractivity contribution < 1.29 is 19.4 Å². The minimum absolute atomic E-state index is 0.0475. The van der Waals surface area contributed by atoms with Gasteiger partial charge in [0, 0.05) is 18.7 Å². The van der Waals surface area contributed by atoms with Crippen LogP contribution in [0, 0.1) is 5.41 Å². The molecule has 0 heterocycles. The third kappa shape index (κ3) is 9.35. The van der Waals surface area contributed by atoms with Crippen molar-refractivity contribution in [3.05, 3.63) is 107 Å². The number of carbonyl (C=O) groups excluding carboxylic acids is 1. The molecule has 0 aliphatic heterocycles. The number of hydrogen-bond acceptors (Lipinski definition) is 3. The van der Waals surface area contributed by atoms with Crippen LogP contribution >= 0.6 is 0 Å². The molecule has 3 rings (SSSR count). The lowest BCUT2D eigenvalue weighted by Gasteiger charge is -2.25. The molecule has 5 nitrogen and oxygen atoms in total. The Balaban J connectivity index is 1.47. The maximum absolute atomic E-state index is 12.6. The van der Waals surface area contributed by atoms with E-state index in [4.69, 9.17) is 4.74 Å². The van der Waals surface area contributed by atoms with Crippen molar-refractivity contribution in [3.8, 4) is 0 Å². The Morgan fingerprint density at radius 1 is 0.875 bits per heavy atom. The van der Waals surface area contributed by atoms with Crippen molar-refractivity contribution in [1.82, 2.24) is 0 Å². The number of anilines is 1. The predicted molar refractivity (Wildman–Crippen MR) is 165 cm³/mol. The fourth-order valence-electron chi connectivity index (χ4n) is 4.63. The van der Waals surface area contributed by atoms with Gasteiger partial charge >= 0.3 is 5.97 Å². The fraction of sp³-hybridized carbons (Fsp3) is 0.314. The van der Waals surface area contributed by atoms with E-state index in [0.717, 1.165) is 48.1 Å². The minimum atomic E-state index is -1.03. The van der Waals surface area contributed by atoms with E-state index in [1.807, 2.05) is 68.5 Å². The van der Waals surface area contributed by atoms with Gasteiger partial charge in [0.25, 0.3) is 0 Å². The summed E-state index contributed by atoms with van der Waals surface area (Å²) in [4.78, 5) is 24.3. The highest BCUT2D eigenvalue weighted by Gasteiger charge is 2.37. The van der Waals surface area contributed by atoms with E-state index in [2.05, 4.69) is 48.3 Å². The molecule has 2 N–H and O–H groups in total. The number of carbonyl (C=O) groups is 2. The molecule has 3 aromatic rings. The summed E-state index contributed by atoms with van der Waals surface area (Å²) in [5.74, 6) is -1.22. The molecule has 210 valence electrons. The lowest BCUT2D eigenvalue weighted by atomic mass is 9.79. The second-order valence-electron chi connectivity index (χ2n) is 10.2. The van der Waals surface area contributed by atoms with Gasteiger partial charge in [-0.25, -0.2) is 0 Å². The van der Waals surface area contributed by atoms with Crippen LogP contribution in [-0.4, -0.2) is 23.6 Å². The number of ether oxygens (including phenoxy) is 1. The van der Waals surface area contributed by atoms with E-state index < -0.39 is 11.4 Å². The van der Waals surface area contributed by atoms with Gasteiger partial charge in [0.2, 0.25) is 5.91 Å². The van der Waals surface area contributed by atoms with Crippen LogP contribution in [0.1, 0.15) is 73.8 Å². The average molecular weight is 540 g/mol. The van der Waals surface area contributed by atoms with Gasteiger partial charge in [-0.3, -0.25) is 9.59 Å². The molecule has 3 aromatic carbocycles. The van der Waals surface area contributed by atoms with Gasteiger partial charge in [-0.05, 0) is 78.1 Å². The standard InChI is InChI=1S/C35H41NO4/c1-4-27-16-18-28(19-17-27)11-7-8-22-40-26-31-14-9-12-29(23-31)20-21-30-13-10-15-32(24-30)36-33(37)25-35(5-2,6-3)34(38)39/h4,9-10,12-21,23-24H,1,5-8,11,22,25-26H2,2-3H3,(H,36,37)(H,38,39)/b21-20+. The van der Waals surface area contributed by atoms with Gasteiger partial charge < -0.3 is 15.2 Å². The monoisotopic (exact) mass is 539 g/mol. The first-order valence-electron chi connectivity index (χ1n) is 14.1. The third-order valence-electron chi connectivity index (χ3n) is 7.38. The van der Waals surface area contributed by atoms with Crippen molar-refractivity contribution in [2.45, 2.75) is 59.0 Å². The minimum Gasteiger partial charge on any atom is -0.481 e. The topological polar surface area (TPSA) is 75.6 Å². The van der Waals surface area contributed by atoms with Crippen molar-refractivity contribution in [2.24, 2.45) is 5.41 Å². The lowest BCUT2D eigenvalue weighted by Crippen LogP contribution is -2.34. The Hall–Kier alpha value is -3.96. The molecule has 40 heavy (non-hydrogen) atoms. The van der Waals surface area contributed by atoms with Crippen LogP contribution in [0.4, 0.5) is 5.69 Å². The highest BCUT2D eigenvalue weighted by atomic mass is 16.5. The Morgan fingerprint density at radius 3 is 2.20 bits per heavy atom. The van der Waals surface area contributed by atoms with E-state index >= 15 is 0 Å². The summed E-state index contributed by atoms with van der Waals surface area (Å²) in [6.45, 7) is 8.72. The molecule has 0 aromatic heterocycles. The number of carboxylic acids is 1. The molecule has 0 fully saturated rings. The van der Waals surface area contributed by atoms with Crippen LogP contribution in [-0.2, 0) is 27.4 Å². The highest BCUT2D eigenvalue weighted by Crippen LogP contribution is 2.31. The van der Waals surface area contributed by atoms with Gasteiger partial charge in [-0.15, -0.1) is 0 Å². The quantitative estimate of drug-likeness (QED) is 0.142. The van der Waals surface area contributed by atoms with Crippen molar-refractivity contribution in [2.75, 3.05) is 11.9 Å². The second kappa shape index (κ2) is 15.6. The summed E-state index contributed by atoms with van der Waals surface area (Å²) in [7, 11) is 0. The summed E-state index contributed by atoms with van der Waals surface area (Å²) >= 11 is 0. The van der Waals surface area contributed by atoms with Crippen LogP contribution in [0.2, 0.25) is 0 Å². The molecule has 0 bridgehead atoms. The zero-order valence-corrected chi connectivity index (χ0v) is 23.7. The average Bonchev–Trinajstić information content (AvgIpc) is 2.97. The zero-order valence-electron chi connectivity index (χ0n) is 23.7. The molecule has 0 spiro atoms. The number of aryl methyl sites for hydroxylation is 1. The molecule has 0 unspecified atom stereocenters. The van der Waals surface area contributed by atoms with Crippen LogP contribution in [0.3, 0.4) is 0 Å². The van der Waals surface area contributed by atoms with Gasteiger partial charge in [0.05, 0.1) is 12.0 Å². The maximum Gasteiger partial charge on any atom is 0.310 e. The Kier molecular flexibility index (Phi) is 11.9. The fourth-order valence-corrected chi connectivity index (χ4v) is 4.63. The van der Waals surface area contributed by atoms with Crippen molar-refractivity contribution in [1.29, 1.82) is 0 Å². The number of amides is 1. The number of benzene rings is 3. The van der Waals surface area contributed by atoms with Gasteiger partial charge in [0.15, 0.2) is 0 Å². The Labute approximate surface area is 238 Å². The van der Waals surface area contributed by atoms with Crippen molar-refractivity contribution in [3.63, 3.8) is 0 Å². The molecule has 0 saturated carbocycles. The summed E-state index contributed by atoms with van der Waals surface area (Å²) in [5, 5.41) is 12.5. The van der Waals surface area contributed by atoms with E-state index in [-0.39, 0.29) is 12.3 Å². The summed E-state index contributed by atoms with van der Waals surface area (Å²) in [6, 6.07) is 24.3. The van der Waals surface area contributed by atoms with E-state index in [9.17, 15) is 14.7 Å². The molecule has 5 heteroatoms. The predicted octanol–water partition coefficient (Wildman–Crippen LogP) is 8.26. The van der Waals surface area contributed by atoms with Crippen LogP contribution in [0.25, 0.3) is 18.2 Å². The molecule has 1 amide bonds. The summed E-state index contributed by atoms with van der Waals surface area (Å²) in [6.07, 6.45) is 9.81. The number of unbranched alkanes of at least 4 members (excludes halogenated alkanes) is 1. The van der Waals surface area contributed by atoms with E-state index in [1.54, 1.807) is 0 Å². The smallest absolute Gasteiger partial charge is 0.310 e. The highest BCUT2D eigenvalue weighted by molar-refractivity contribution is 5.94. The number of nitrogens with one attached hydrogen (secondary N) is 1. The van der Waals surface area contributed by atoms with E-state index in [0.29, 0.717) is 25.1 Å². The number of aliphatic carboxylic acids is 1. The zero-order chi connectivity index (χ0) is 28.8. The summed E-state index contributed by atoms with van der Waals surface area (Å²) < 4.78 is 5.92. The molecule has 0 atom stereocenters. The van der Waals surface area contributed by atoms with Gasteiger partial charge in [-0.2, -0.15) is 0 Å². The maximum atomic E-state index is 12.6. The molecule has 0 radical (unpaired) electrons. The second-order valence-corrected chi connectivity index (χ2v) is 10.2. The molecule has 0 aliphatic carbocycles. The summed E-state index contributed by atoms with van der Waals surface area (Å²) in [5.41, 5.74) is 5.22. The molecule has 0 saturated heterocycles. The Bertz CT molecular complexity index is 1290. The van der Waals surface area contributed by atoms with Crippen molar-refractivity contribution >= 4 is 35.8 Å². The molecule has 0 aliphatic rings.